The zero-order chi connectivity index (χ0) is 11.7. The van der Waals surface area contributed by atoms with Crippen molar-refractivity contribution >= 4 is 0 Å². The van der Waals surface area contributed by atoms with E-state index in [0.29, 0.717) is 13.0 Å². The van der Waals surface area contributed by atoms with Crippen molar-refractivity contribution in [2.24, 2.45) is 0 Å². The number of nitrogens with one attached hydrogen (secondary N) is 1. The largest absolute Gasteiger partial charge is 0.395 e. The van der Waals surface area contributed by atoms with E-state index in [1.165, 1.54) is 0 Å². The number of ether oxygens (including phenoxy) is 1. The predicted octanol–water partition coefficient (Wildman–Crippen LogP) is 1.32. The fourth-order valence-electron chi connectivity index (χ4n) is 1.03. The fourth-order valence-corrected chi connectivity index (χ4v) is 1.03. The Hall–Kier alpha value is -0.330. The molecule has 0 aliphatic carbocycles. The summed E-state index contributed by atoms with van der Waals surface area (Å²) < 4.78 is 40.1. The molecule has 0 aromatic rings. The molecule has 15 heavy (non-hydrogen) atoms. The highest BCUT2D eigenvalue weighted by Crippen LogP contribution is 2.20. The van der Waals surface area contributed by atoms with Crippen LogP contribution in [0.1, 0.15) is 19.3 Å². The molecule has 0 amide bonds. The maximum Gasteiger partial charge on any atom is 0.389 e. The third kappa shape index (κ3) is 9.96. The van der Waals surface area contributed by atoms with Crippen molar-refractivity contribution in [3.05, 3.63) is 0 Å². The summed E-state index contributed by atoms with van der Waals surface area (Å²) in [6.07, 6.45) is -4.31. The van der Waals surface area contributed by atoms with E-state index in [2.05, 4.69) is 5.32 Å². The summed E-state index contributed by atoms with van der Waals surface area (Å²) in [5.41, 5.74) is 0. The third-order valence-corrected chi connectivity index (χ3v) is 1.99. The van der Waals surface area contributed by atoms with Gasteiger partial charge in [0.15, 0.2) is 0 Å². The van der Waals surface area contributed by atoms with Gasteiger partial charge in [-0.05, 0) is 19.9 Å². The van der Waals surface area contributed by atoms with Gasteiger partial charge < -0.3 is 15.2 Å². The smallest absolute Gasteiger partial charge is 0.389 e. The van der Waals surface area contributed by atoms with Crippen molar-refractivity contribution in [2.75, 3.05) is 26.9 Å². The molecule has 0 spiro atoms. The summed E-state index contributed by atoms with van der Waals surface area (Å²) in [5, 5.41) is 11.6. The lowest BCUT2D eigenvalue weighted by Crippen LogP contribution is -2.30. The van der Waals surface area contributed by atoms with Crippen molar-refractivity contribution in [3.63, 3.8) is 0 Å². The lowest BCUT2D eigenvalue weighted by molar-refractivity contribution is -0.137. The lowest BCUT2D eigenvalue weighted by Gasteiger charge is -2.12. The highest BCUT2D eigenvalue weighted by atomic mass is 19.4. The number of likely N-dealkylation sites (N-methyl/N-ethyl adjacent to an activating group) is 1. The predicted molar refractivity (Wildman–Crippen MR) is 50.7 cm³/mol. The number of aliphatic hydroxyl groups excluding tert-OH is 1. The Morgan fingerprint density at radius 3 is 2.47 bits per heavy atom. The van der Waals surface area contributed by atoms with E-state index in [4.69, 9.17) is 9.84 Å². The maximum absolute atomic E-state index is 11.7. The van der Waals surface area contributed by atoms with Gasteiger partial charge in [0.05, 0.1) is 6.61 Å². The van der Waals surface area contributed by atoms with E-state index < -0.39 is 12.6 Å². The highest BCUT2D eigenvalue weighted by molar-refractivity contribution is 4.61. The van der Waals surface area contributed by atoms with E-state index in [1.54, 1.807) is 7.05 Å². The van der Waals surface area contributed by atoms with Crippen molar-refractivity contribution in [2.45, 2.75) is 31.5 Å². The highest BCUT2D eigenvalue weighted by Gasteiger charge is 2.25. The lowest BCUT2D eigenvalue weighted by atomic mass is 10.2. The first-order valence-corrected chi connectivity index (χ1v) is 4.92. The molecular formula is C9H18F3NO2. The van der Waals surface area contributed by atoms with Crippen LogP contribution in [0.15, 0.2) is 0 Å². The Morgan fingerprint density at radius 1 is 1.33 bits per heavy atom. The maximum atomic E-state index is 11.7. The summed E-state index contributed by atoms with van der Waals surface area (Å²) in [6.45, 7) is 0.480. The monoisotopic (exact) mass is 229 g/mol. The Morgan fingerprint density at radius 2 is 2.00 bits per heavy atom. The summed E-state index contributed by atoms with van der Waals surface area (Å²) in [5.74, 6) is 0. The number of hydrogen-bond donors (Lipinski definition) is 2. The molecule has 0 saturated carbocycles. The van der Waals surface area contributed by atoms with Crippen LogP contribution < -0.4 is 5.32 Å². The Kier molecular flexibility index (Phi) is 7.72. The summed E-state index contributed by atoms with van der Waals surface area (Å²) in [6, 6.07) is -0.0485. The average Bonchev–Trinajstić information content (AvgIpc) is 2.15. The zero-order valence-corrected chi connectivity index (χ0v) is 8.81. The molecule has 3 nitrogen and oxygen atoms in total. The van der Waals surface area contributed by atoms with Crippen molar-refractivity contribution < 1.29 is 23.0 Å². The number of hydrogen-bond acceptors (Lipinski definition) is 3. The second-order valence-electron chi connectivity index (χ2n) is 3.29. The molecule has 0 aliphatic heterocycles. The van der Waals surface area contributed by atoms with Gasteiger partial charge in [-0.25, -0.2) is 0 Å². The Balaban J connectivity index is 3.25. The molecule has 2 N–H and O–H groups in total. The van der Waals surface area contributed by atoms with Gasteiger partial charge in [-0.2, -0.15) is 13.2 Å². The van der Waals surface area contributed by atoms with E-state index in [0.717, 1.165) is 0 Å². The minimum absolute atomic E-state index is 0.00239. The van der Waals surface area contributed by atoms with Gasteiger partial charge in [-0.1, -0.05) is 0 Å². The first-order valence-electron chi connectivity index (χ1n) is 4.92. The number of halogens is 3. The molecule has 0 radical (unpaired) electrons. The molecule has 0 fully saturated rings. The molecule has 0 rings (SSSR count). The molecule has 92 valence electrons. The molecule has 0 saturated heterocycles. The summed E-state index contributed by atoms with van der Waals surface area (Å²) >= 11 is 0. The molecule has 1 unspecified atom stereocenters. The molecule has 0 bridgehead atoms. The van der Waals surface area contributed by atoms with Crippen LogP contribution in [0.25, 0.3) is 0 Å². The van der Waals surface area contributed by atoms with Gasteiger partial charge in [0, 0.05) is 25.7 Å². The zero-order valence-electron chi connectivity index (χ0n) is 8.81. The first kappa shape index (κ1) is 14.7. The van der Waals surface area contributed by atoms with Crippen molar-refractivity contribution in [1.82, 2.24) is 5.32 Å². The van der Waals surface area contributed by atoms with Crippen LogP contribution in [0.4, 0.5) is 13.2 Å². The van der Waals surface area contributed by atoms with Crippen LogP contribution in [0, 0.1) is 0 Å². The SMILES string of the molecule is CNC(CO)CCOCCCC(F)(F)F. The number of aliphatic hydroxyl groups is 1. The average molecular weight is 229 g/mol. The molecule has 1 atom stereocenters. The standard InChI is InChI=1S/C9H18F3NO2/c1-13-8(7-14)3-6-15-5-2-4-9(10,11)12/h8,13-14H,2-7H2,1H3. The van der Waals surface area contributed by atoms with Crippen molar-refractivity contribution in [3.8, 4) is 0 Å². The van der Waals surface area contributed by atoms with Crippen LogP contribution in [0.5, 0.6) is 0 Å². The quantitative estimate of drug-likeness (QED) is 0.617. The normalized spacial score (nSPS) is 14.2. The van der Waals surface area contributed by atoms with Crippen LogP contribution in [-0.4, -0.2) is 44.2 Å². The van der Waals surface area contributed by atoms with Crippen LogP contribution >= 0.6 is 0 Å². The third-order valence-electron chi connectivity index (χ3n) is 1.99. The van der Waals surface area contributed by atoms with E-state index in [1.807, 2.05) is 0 Å². The van der Waals surface area contributed by atoms with E-state index in [9.17, 15) is 13.2 Å². The molecule has 0 aromatic carbocycles. The van der Waals surface area contributed by atoms with Gasteiger partial charge in [-0.3, -0.25) is 0 Å². The van der Waals surface area contributed by atoms with Gasteiger partial charge in [0.25, 0.3) is 0 Å². The van der Waals surface area contributed by atoms with Crippen LogP contribution in [0.3, 0.4) is 0 Å². The topological polar surface area (TPSA) is 41.5 Å². The molecule has 0 heterocycles. The summed E-state index contributed by atoms with van der Waals surface area (Å²) in [4.78, 5) is 0. The fraction of sp³-hybridized carbons (Fsp3) is 1.00. The minimum Gasteiger partial charge on any atom is -0.395 e. The van der Waals surface area contributed by atoms with E-state index in [-0.39, 0.29) is 25.7 Å². The van der Waals surface area contributed by atoms with E-state index >= 15 is 0 Å². The Bertz CT molecular complexity index is 149. The number of alkyl halides is 3. The molecule has 0 aromatic heterocycles. The first-order chi connectivity index (χ1) is 6.99. The van der Waals surface area contributed by atoms with Gasteiger partial charge in [0.1, 0.15) is 0 Å². The van der Waals surface area contributed by atoms with Crippen LogP contribution in [0.2, 0.25) is 0 Å². The van der Waals surface area contributed by atoms with Gasteiger partial charge >= 0.3 is 6.18 Å². The molecular weight excluding hydrogens is 211 g/mol. The molecule has 0 aliphatic rings. The second kappa shape index (κ2) is 7.90. The minimum atomic E-state index is -4.10. The van der Waals surface area contributed by atoms with Gasteiger partial charge in [-0.15, -0.1) is 0 Å². The Labute approximate surface area is 87.6 Å². The van der Waals surface area contributed by atoms with Crippen molar-refractivity contribution in [1.29, 1.82) is 0 Å². The number of rotatable bonds is 8. The van der Waals surface area contributed by atoms with Gasteiger partial charge in [0.2, 0.25) is 0 Å². The summed E-state index contributed by atoms with van der Waals surface area (Å²) in [7, 11) is 1.71. The van der Waals surface area contributed by atoms with Crippen LogP contribution in [-0.2, 0) is 4.74 Å². The second-order valence-corrected chi connectivity index (χ2v) is 3.29. The molecule has 6 heteroatoms.